The molecule has 1 aliphatic rings. The summed E-state index contributed by atoms with van der Waals surface area (Å²) in [5, 5.41) is 0. The van der Waals surface area contributed by atoms with Crippen LogP contribution in [0.2, 0.25) is 0 Å². The lowest BCUT2D eigenvalue weighted by Gasteiger charge is -2.40. The zero-order chi connectivity index (χ0) is 18.7. The molecule has 24 heavy (non-hydrogen) atoms. The molecule has 0 aromatic rings. The minimum absolute atomic E-state index is 0.212. The molecular formula is C12H12Br2O8S2. The molecule has 0 aromatic carbocycles. The lowest BCUT2D eigenvalue weighted by atomic mass is 10.3. The Bertz CT molecular complexity index is 570. The Balaban J connectivity index is 3.66. The Labute approximate surface area is 162 Å². The topological polar surface area (TPSA) is 105 Å². The molecule has 2 unspecified atom stereocenters. The minimum Gasteiger partial charge on any atom is -0.467 e. The summed E-state index contributed by atoms with van der Waals surface area (Å²) < 4.78 is 15.1. The molecule has 12 heteroatoms. The number of halogens is 2. The molecule has 2 atom stereocenters. The van der Waals surface area contributed by atoms with Crippen molar-refractivity contribution >= 4 is 79.3 Å². The van der Waals surface area contributed by atoms with Crippen molar-refractivity contribution in [2.75, 3.05) is 28.4 Å². The number of alkyl halides is 2. The fourth-order valence-corrected chi connectivity index (χ4v) is 6.18. The highest BCUT2D eigenvalue weighted by Gasteiger charge is 2.66. The van der Waals surface area contributed by atoms with Crippen molar-refractivity contribution in [2.24, 2.45) is 0 Å². The molecule has 0 radical (unpaired) electrons. The van der Waals surface area contributed by atoms with E-state index < -0.39 is 31.2 Å². The minimum atomic E-state index is -1.81. The number of carbonyl (C=O) groups excluding carboxylic acids is 4. The maximum absolute atomic E-state index is 12.3. The number of hydrogen-bond acceptors (Lipinski definition) is 10. The summed E-state index contributed by atoms with van der Waals surface area (Å²) in [6.45, 7) is 0. The highest BCUT2D eigenvalue weighted by atomic mass is 79.9. The van der Waals surface area contributed by atoms with Gasteiger partial charge in [0.1, 0.15) is 9.81 Å². The zero-order valence-electron chi connectivity index (χ0n) is 12.8. The fourth-order valence-electron chi connectivity index (χ4n) is 1.57. The molecule has 0 aromatic heterocycles. The van der Waals surface area contributed by atoms with E-state index in [1.54, 1.807) is 0 Å². The van der Waals surface area contributed by atoms with Crippen molar-refractivity contribution in [2.45, 2.75) is 7.31 Å². The van der Waals surface area contributed by atoms with Crippen LogP contribution in [0.5, 0.6) is 0 Å². The summed E-state index contributed by atoms with van der Waals surface area (Å²) in [5.74, 6) is -3.51. The van der Waals surface area contributed by atoms with Crippen LogP contribution >= 0.6 is 55.4 Å². The van der Waals surface area contributed by atoms with Gasteiger partial charge in [0.25, 0.3) is 0 Å². The van der Waals surface area contributed by atoms with Gasteiger partial charge in [-0.05, 0) is 0 Å². The van der Waals surface area contributed by atoms with Gasteiger partial charge in [0, 0.05) is 0 Å². The average molecular weight is 508 g/mol. The number of ether oxygens (including phenoxy) is 4. The van der Waals surface area contributed by atoms with Crippen molar-refractivity contribution in [1.82, 2.24) is 0 Å². The first-order chi connectivity index (χ1) is 11.1. The van der Waals surface area contributed by atoms with E-state index in [9.17, 15) is 19.2 Å². The van der Waals surface area contributed by atoms with Gasteiger partial charge in [0.2, 0.25) is 7.31 Å². The van der Waals surface area contributed by atoms with Gasteiger partial charge in [-0.1, -0.05) is 55.4 Å². The van der Waals surface area contributed by atoms with Crippen LogP contribution in [0, 0.1) is 0 Å². The number of rotatable bonds is 4. The van der Waals surface area contributed by atoms with Gasteiger partial charge < -0.3 is 18.9 Å². The maximum atomic E-state index is 12.3. The van der Waals surface area contributed by atoms with Gasteiger partial charge in [0.05, 0.1) is 28.4 Å². The Morgan fingerprint density at radius 1 is 0.708 bits per heavy atom. The lowest BCUT2D eigenvalue weighted by Crippen LogP contribution is -2.54. The van der Waals surface area contributed by atoms with Crippen LogP contribution in [0.1, 0.15) is 0 Å². The van der Waals surface area contributed by atoms with Gasteiger partial charge >= 0.3 is 23.9 Å². The molecule has 0 aliphatic carbocycles. The number of hydrogen-bond donors (Lipinski definition) is 0. The molecule has 0 spiro atoms. The second-order valence-electron chi connectivity index (χ2n) is 4.02. The first-order valence-electron chi connectivity index (χ1n) is 5.96. The lowest BCUT2D eigenvalue weighted by molar-refractivity contribution is -0.147. The average Bonchev–Trinajstić information content (AvgIpc) is 2.60. The third kappa shape index (κ3) is 3.46. The standard InChI is InChI=1S/C12H12Br2O8S2/c1-19-7(15)5-6(8(16)20-2)24-12(14,10(18)22-4)11(13,23-5)9(17)21-3/h1-4H3. The van der Waals surface area contributed by atoms with Gasteiger partial charge in [-0.25, -0.2) is 19.2 Å². The molecule has 0 amide bonds. The maximum Gasteiger partial charge on any atom is 0.345 e. The number of thioether (sulfide) groups is 2. The molecule has 0 fully saturated rings. The largest absolute Gasteiger partial charge is 0.467 e. The van der Waals surface area contributed by atoms with Crippen LogP contribution in [0.15, 0.2) is 9.81 Å². The van der Waals surface area contributed by atoms with Crippen LogP contribution in [0.3, 0.4) is 0 Å². The molecule has 1 aliphatic heterocycles. The molecule has 0 N–H and O–H groups in total. The SMILES string of the molecule is COC(=O)C1=C(C(=O)OC)SC(Br)(C(=O)OC)C(Br)(C(=O)OC)S1. The summed E-state index contributed by atoms with van der Waals surface area (Å²) in [6, 6.07) is 0. The van der Waals surface area contributed by atoms with E-state index in [1.807, 2.05) is 0 Å². The second kappa shape index (κ2) is 8.11. The Morgan fingerprint density at radius 2 is 1.00 bits per heavy atom. The highest BCUT2D eigenvalue weighted by Crippen LogP contribution is 2.63. The van der Waals surface area contributed by atoms with E-state index in [2.05, 4.69) is 41.3 Å². The van der Waals surface area contributed by atoms with Gasteiger partial charge in [-0.2, -0.15) is 0 Å². The smallest absolute Gasteiger partial charge is 0.345 e. The van der Waals surface area contributed by atoms with E-state index >= 15 is 0 Å². The van der Waals surface area contributed by atoms with Crippen molar-refractivity contribution in [3.05, 3.63) is 9.81 Å². The van der Waals surface area contributed by atoms with E-state index in [0.717, 1.165) is 28.4 Å². The van der Waals surface area contributed by atoms with Crippen LogP contribution < -0.4 is 0 Å². The zero-order valence-corrected chi connectivity index (χ0v) is 17.6. The molecule has 1 heterocycles. The molecule has 0 saturated heterocycles. The van der Waals surface area contributed by atoms with E-state index in [1.165, 1.54) is 0 Å². The first-order valence-corrected chi connectivity index (χ1v) is 9.18. The summed E-state index contributed by atoms with van der Waals surface area (Å²) in [6.07, 6.45) is 0. The van der Waals surface area contributed by atoms with E-state index in [0.29, 0.717) is 23.5 Å². The quantitative estimate of drug-likeness (QED) is 0.316. The molecule has 134 valence electrons. The normalized spacial score (nSPS) is 26.4. The van der Waals surface area contributed by atoms with Crippen molar-refractivity contribution in [1.29, 1.82) is 0 Å². The van der Waals surface area contributed by atoms with Gasteiger partial charge in [-0.15, -0.1) is 0 Å². The highest BCUT2D eigenvalue weighted by molar-refractivity contribution is 9.16. The molecule has 1 rings (SSSR count). The second-order valence-corrected chi connectivity index (χ2v) is 9.90. The molecule has 0 saturated carbocycles. The fraction of sp³-hybridized carbons (Fsp3) is 0.500. The predicted molar refractivity (Wildman–Crippen MR) is 93.6 cm³/mol. The van der Waals surface area contributed by atoms with E-state index in [-0.39, 0.29) is 9.81 Å². The predicted octanol–water partition coefficient (Wildman–Crippen LogP) is 1.55. The Kier molecular flexibility index (Phi) is 7.20. The summed E-state index contributed by atoms with van der Waals surface area (Å²) >= 11 is 7.45. The summed E-state index contributed by atoms with van der Waals surface area (Å²) in [7, 11) is 4.44. The van der Waals surface area contributed by atoms with Gasteiger partial charge in [-0.3, -0.25) is 0 Å². The third-order valence-corrected chi connectivity index (χ3v) is 9.52. The van der Waals surface area contributed by atoms with Crippen LogP contribution in [0.25, 0.3) is 0 Å². The summed E-state index contributed by atoms with van der Waals surface area (Å²) in [5.41, 5.74) is 0. The first kappa shape index (κ1) is 21.3. The third-order valence-electron chi connectivity index (χ3n) is 2.74. The van der Waals surface area contributed by atoms with Crippen molar-refractivity contribution < 1.29 is 38.1 Å². The summed E-state index contributed by atoms with van der Waals surface area (Å²) in [4.78, 5) is 48.2. The Morgan fingerprint density at radius 3 is 1.21 bits per heavy atom. The molecule has 8 nitrogen and oxygen atoms in total. The number of methoxy groups -OCH3 is 4. The van der Waals surface area contributed by atoms with Gasteiger partial charge in [0.15, 0.2) is 0 Å². The van der Waals surface area contributed by atoms with Crippen LogP contribution in [0.4, 0.5) is 0 Å². The molecule has 0 bridgehead atoms. The van der Waals surface area contributed by atoms with Crippen LogP contribution in [-0.4, -0.2) is 59.6 Å². The van der Waals surface area contributed by atoms with Crippen molar-refractivity contribution in [3.63, 3.8) is 0 Å². The monoisotopic (exact) mass is 506 g/mol. The van der Waals surface area contributed by atoms with Crippen LogP contribution in [-0.2, 0) is 38.1 Å². The Hall–Kier alpha value is -0.720. The number of carbonyl (C=O) groups is 4. The molecular weight excluding hydrogens is 496 g/mol. The van der Waals surface area contributed by atoms with Crippen molar-refractivity contribution in [3.8, 4) is 0 Å². The van der Waals surface area contributed by atoms with E-state index in [4.69, 9.17) is 9.47 Å². The number of esters is 4.